The van der Waals surface area contributed by atoms with E-state index in [1.54, 1.807) is 9.80 Å². The predicted octanol–water partition coefficient (Wildman–Crippen LogP) is 1.40. The van der Waals surface area contributed by atoms with Crippen LogP contribution in [0.1, 0.15) is 33.1 Å². The van der Waals surface area contributed by atoms with Gasteiger partial charge in [0, 0.05) is 32.8 Å². The molecular weight excluding hydrogens is 248 g/mol. The quantitative estimate of drug-likeness (QED) is 0.760. The Balaban J connectivity index is 2.50. The molecule has 1 aliphatic heterocycles. The molecule has 1 N–H and O–H groups in total. The lowest BCUT2D eigenvalue weighted by molar-refractivity contribution is -0.137. The number of carbonyl (C=O) groups excluding carboxylic acids is 1. The molecule has 110 valence electrons. The summed E-state index contributed by atoms with van der Waals surface area (Å²) in [5.41, 5.74) is 0. The van der Waals surface area contributed by atoms with Crippen molar-refractivity contribution in [3.05, 3.63) is 0 Å². The molecule has 0 aromatic carbocycles. The molecule has 1 heterocycles. The Morgan fingerprint density at radius 3 is 2.42 bits per heavy atom. The van der Waals surface area contributed by atoms with Crippen LogP contribution in [0.4, 0.5) is 4.79 Å². The van der Waals surface area contributed by atoms with Crippen LogP contribution in [0.2, 0.25) is 0 Å². The minimum Gasteiger partial charge on any atom is -0.481 e. The first-order chi connectivity index (χ1) is 9.08. The van der Waals surface area contributed by atoms with E-state index in [0.29, 0.717) is 19.6 Å². The molecule has 1 saturated heterocycles. The molecule has 1 aliphatic rings. The van der Waals surface area contributed by atoms with E-state index >= 15 is 0 Å². The maximum Gasteiger partial charge on any atom is 0.320 e. The molecule has 1 atom stereocenters. The number of rotatable bonds is 7. The van der Waals surface area contributed by atoms with E-state index in [-0.39, 0.29) is 25.1 Å². The van der Waals surface area contributed by atoms with Crippen molar-refractivity contribution in [2.24, 2.45) is 0 Å². The lowest BCUT2D eigenvalue weighted by Gasteiger charge is -2.30. The number of carboxylic acids is 1. The maximum absolute atomic E-state index is 12.3. The fraction of sp³-hybridized carbons (Fsp3) is 0.846. The van der Waals surface area contributed by atoms with Crippen LogP contribution < -0.4 is 0 Å². The van der Waals surface area contributed by atoms with Crippen LogP contribution in [0, 0.1) is 0 Å². The molecular formula is C13H24N2O4. The number of ether oxygens (including phenoxy) is 1. The molecule has 1 rings (SSSR count). The molecule has 1 unspecified atom stereocenters. The van der Waals surface area contributed by atoms with E-state index in [2.05, 4.69) is 0 Å². The summed E-state index contributed by atoms with van der Waals surface area (Å²) < 4.78 is 5.54. The predicted molar refractivity (Wildman–Crippen MR) is 71.1 cm³/mol. The van der Waals surface area contributed by atoms with Crippen LogP contribution in [0.5, 0.6) is 0 Å². The van der Waals surface area contributed by atoms with Gasteiger partial charge in [-0.15, -0.1) is 0 Å². The van der Waals surface area contributed by atoms with Crippen molar-refractivity contribution in [1.82, 2.24) is 9.80 Å². The molecule has 0 spiro atoms. The summed E-state index contributed by atoms with van der Waals surface area (Å²) in [6, 6.07) is -0.0956. The molecule has 1 fully saturated rings. The van der Waals surface area contributed by atoms with E-state index in [1.807, 2.05) is 13.8 Å². The Morgan fingerprint density at radius 2 is 1.95 bits per heavy atom. The third-order valence-electron chi connectivity index (χ3n) is 3.35. The number of carbonyl (C=O) groups is 2. The number of urea groups is 1. The van der Waals surface area contributed by atoms with Crippen LogP contribution in [0.15, 0.2) is 0 Å². The average molecular weight is 272 g/mol. The molecule has 19 heavy (non-hydrogen) atoms. The number of nitrogens with zero attached hydrogens (tertiary/aromatic N) is 2. The van der Waals surface area contributed by atoms with Crippen molar-refractivity contribution in [1.29, 1.82) is 0 Å². The third kappa shape index (κ3) is 5.06. The number of aliphatic carboxylic acids is 1. The first kappa shape index (κ1) is 15.8. The Kier molecular flexibility index (Phi) is 6.62. The molecule has 0 aromatic rings. The number of carboxylic acid groups (broad SMARTS) is 1. The second-order valence-corrected chi connectivity index (χ2v) is 4.68. The number of amides is 2. The Hall–Kier alpha value is -1.30. The van der Waals surface area contributed by atoms with Crippen LogP contribution >= 0.6 is 0 Å². The van der Waals surface area contributed by atoms with Crippen LogP contribution in [0.3, 0.4) is 0 Å². The van der Waals surface area contributed by atoms with Gasteiger partial charge in [-0.2, -0.15) is 0 Å². The monoisotopic (exact) mass is 272 g/mol. The van der Waals surface area contributed by atoms with Gasteiger partial charge < -0.3 is 19.6 Å². The van der Waals surface area contributed by atoms with Crippen molar-refractivity contribution in [3.8, 4) is 0 Å². The van der Waals surface area contributed by atoms with Crippen molar-refractivity contribution in [2.45, 2.75) is 39.2 Å². The summed E-state index contributed by atoms with van der Waals surface area (Å²) >= 11 is 0. The van der Waals surface area contributed by atoms with Gasteiger partial charge in [0.05, 0.1) is 12.5 Å². The highest BCUT2D eigenvalue weighted by Crippen LogP contribution is 2.14. The molecule has 0 aliphatic carbocycles. The second kappa shape index (κ2) is 7.99. The fourth-order valence-electron chi connectivity index (χ4n) is 2.20. The zero-order valence-electron chi connectivity index (χ0n) is 11.8. The third-order valence-corrected chi connectivity index (χ3v) is 3.35. The lowest BCUT2D eigenvalue weighted by atomic mass is 10.2. The van der Waals surface area contributed by atoms with Crippen LogP contribution in [0.25, 0.3) is 0 Å². The normalized spacial score (nSPS) is 18.3. The first-order valence-corrected chi connectivity index (χ1v) is 6.95. The Bertz CT molecular complexity index is 303. The molecule has 0 bridgehead atoms. The van der Waals surface area contributed by atoms with Crippen LogP contribution in [-0.2, 0) is 9.53 Å². The topological polar surface area (TPSA) is 70.1 Å². The van der Waals surface area contributed by atoms with Crippen molar-refractivity contribution < 1.29 is 19.4 Å². The average Bonchev–Trinajstić information content (AvgIpc) is 2.88. The number of likely N-dealkylation sites (N-methyl/N-ethyl adjacent to an activating group) is 1. The highest BCUT2D eigenvalue weighted by molar-refractivity contribution is 5.75. The fourth-order valence-corrected chi connectivity index (χ4v) is 2.20. The molecule has 0 saturated carbocycles. The van der Waals surface area contributed by atoms with Crippen molar-refractivity contribution in [3.63, 3.8) is 0 Å². The molecule has 0 aromatic heterocycles. The van der Waals surface area contributed by atoms with E-state index in [9.17, 15) is 9.59 Å². The highest BCUT2D eigenvalue weighted by atomic mass is 16.5. The SMILES string of the molecule is CCN(CCC(=O)O)C(=O)N(CC)CC1CCCO1. The van der Waals surface area contributed by atoms with E-state index < -0.39 is 5.97 Å². The standard InChI is InChI=1S/C13H24N2O4/c1-3-14(8-7-12(16)17)13(18)15(4-2)10-11-6-5-9-19-11/h11H,3-10H2,1-2H3,(H,16,17). The number of hydrogen-bond donors (Lipinski definition) is 1. The van der Waals surface area contributed by atoms with Gasteiger partial charge in [-0.25, -0.2) is 4.79 Å². The van der Waals surface area contributed by atoms with E-state index in [4.69, 9.17) is 9.84 Å². The highest BCUT2D eigenvalue weighted by Gasteiger charge is 2.24. The molecule has 6 nitrogen and oxygen atoms in total. The molecule has 2 amide bonds. The smallest absolute Gasteiger partial charge is 0.320 e. The van der Waals surface area contributed by atoms with Gasteiger partial charge in [-0.05, 0) is 26.7 Å². The largest absolute Gasteiger partial charge is 0.481 e. The van der Waals surface area contributed by atoms with E-state index in [0.717, 1.165) is 19.4 Å². The van der Waals surface area contributed by atoms with Gasteiger partial charge in [0.2, 0.25) is 0 Å². The van der Waals surface area contributed by atoms with Gasteiger partial charge >= 0.3 is 12.0 Å². The van der Waals surface area contributed by atoms with Gasteiger partial charge in [0.25, 0.3) is 0 Å². The summed E-state index contributed by atoms with van der Waals surface area (Å²) in [6.07, 6.45) is 2.15. The first-order valence-electron chi connectivity index (χ1n) is 6.95. The minimum absolute atomic E-state index is 0.0168. The maximum atomic E-state index is 12.3. The lowest BCUT2D eigenvalue weighted by Crippen LogP contribution is -2.46. The number of hydrogen-bond acceptors (Lipinski definition) is 3. The van der Waals surface area contributed by atoms with Crippen molar-refractivity contribution >= 4 is 12.0 Å². The molecule has 6 heteroatoms. The van der Waals surface area contributed by atoms with E-state index in [1.165, 1.54) is 0 Å². The van der Waals surface area contributed by atoms with Crippen molar-refractivity contribution in [2.75, 3.05) is 32.8 Å². The van der Waals surface area contributed by atoms with Gasteiger partial charge in [-0.3, -0.25) is 4.79 Å². The summed E-state index contributed by atoms with van der Waals surface area (Å²) in [4.78, 5) is 26.2. The minimum atomic E-state index is -0.881. The zero-order valence-corrected chi connectivity index (χ0v) is 11.8. The summed E-state index contributed by atoms with van der Waals surface area (Å²) in [5, 5.41) is 8.69. The van der Waals surface area contributed by atoms with Gasteiger partial charge in [0.1, 0.15) is 0 Å². The summed E-state index contributed by atoms with van der Waals surface area (Å²) in [5.74, 6) is -0.881. The second-order valence-electron chi connectivity index (χ2n) is 4.68. The molecule has 0 radical (unpaired) electrons. The summed E-state index contributed by atoms with van der Waals surface area (Å²) in [6.45, 7) is 6.55. The van der Waals surface area contributed by atoms with Gasteiger partial charge in [-0.1, -0.05) is 0 Å². The zero-order chi connectivity index (χ0) is 14.3. The summed E-state index contributed by atoms with van der Waals surface area (Å²) in [7, 11) is 0. The Labute approximate surface area is 114 Å². The van der Waals surface area contributed by atoms with Crippen LogP contribution in [-0.4, -0.2) is 65.8 Å². The van der Waals surface area contributed by atoms with Gasteiger partial charge in [0.15, 0.2) is 0 Å². The Morgan fingerprint density at radius 1 is 1.26 bits per heavy atom.